The van der Waals surface area contributed by atoms with Crippen LogP contribution in [0, 0.1) is 11.8 Å². The van der Waals surface area contributed by atoms with Gasteiger partial charge in [-0.25, -0.2) is 0 Å². The Hall–Kier alpha value is -0.520. The van der Waals surface area contributed by atoms with Gasteiger partial charge in [0.1, 0.15) is 0 Å². The average Bonchev–Trinajstić information content (AvgIpc) is 2.42. The first-order valence-electron chi connectivity index (χ1n) is 8.20. The van der Waals surface area contributed by atoms with Crippen molar-refractivity contribution in [2.45, 2.75) is 78.1 Å². The lowest BCUT2D eigenvalue weighted by Crippen LogP contribution is -2.05. The molecule has 0 aromatic carbocycles. The fourth-order valence-electron chi connectivity index (χ4n) is 2.90. The predicted octanol–water partition coefficient (Wildman–Crippen LogP) is 6.29. The summed E-state index contributed by atoms with van der Waals surface area (Å²) < 4.78 is 0. The van der Waals surface area contributed by atoms with E-state index in [1.807, 2.05) is 0 Å². The van der Waals surface area contributed by atoms with Crippen molar-refractivity contribution in [1.82, 2.24) is 0 Å². The van der Waals surface area contributed by atoms with E-state index in [2.05, 4.69) is 38.2 Å². The van der Waals surface area contributed by atoms with Crippen molar-refractivity contribution in [2.75, 3.05) is 0 Å². The zero-order valence-electron chi connectivity index (χ0n) is 12.5. The van der Waals surface area contributed by atoms with Crippen molar-refractivity contribution < 1.29 is 0 Å². The van der Waals surface area contributed by atoms with Gasteiger partial charge in [0.15, 0.2) is 0 Å². The Kier molecular flexibility index (Phi) is 8.98. The predicted molar refractivity (Wildman–Crippen MR) is 82.8 cm³/mol. The molecule has 1 aliphatic rings. The van der Waals surface area contributed by atoms with Crippen LogP contribution in [-0.2, 0) is 0 Å². The first-order valence-corrected chi connectivity index (χ1v) is 8.20. The SMILES string of the molecule is CCCCCC(CCCC)CCC1C=CC=CC1. The van der Waals surface area contributed by atoms with Crippen molar-refractivity contribution in [1.29, 1.82) is 0 Å². The molecule has 0 amide bonds. The van der Waals surface area contributed by atoms with Gasteiger partial charge in [-0.05, 0) is 31.1 Å². The highest BCUT2D eigenvalue weighted by molar-refractivity contribution is 5.10. The van der Waals surface area contributed by atoms with Crippen molar-refractivity contribution in [2.24, 2.45) is 11.8 Å². The van der Waals surface area contributed by atoms with E-state index in [1.54, 1.807) is 0 Å². The summed E-state index contributed by atoms with van der Waals surface area (Å²) in [5, 5.41) is 0. The molecule has 0 bridgehead atoms. The molecule has 1 aliphatic carbocycles. The summed E-state index contributed by atoms with van der Waals surface area (Å²) in [6.07, 6.45) is 23.2. The lowest BCUT2D eigenvalue weighted by atomic mass is 9.86. The Bertz CT molecular complexity index is 236. The smallest absolute Gasteiger partial charge is 0.0196 e. The second-order valence-electron chi connectivity index (χ2n) is 5.89. The van der Waals surface area contributed by atoms with Crippen LogP contribution >= 0.6 is 0 Å². The van der Waals surface area contributed by atoms with Gasteiger partial charge in [0.25, 0.3) is 0 Å². The monoisotopic (exact) mass is 248 g/mol. The van der Waals surface area contributed by atoms with Crippen LogP contribution in [0.15, 0.2) is 24.3 Å². The summed E-state index contributed by atoms with van der Waals surface area (Å²) in [5.74, 6) is 1.82. The molecule has 0 aromatic rings. The van der Waals surface area contributed by atoms with Gasteiger partial charge in [0, 0.05) is 0 Å². The van der Waals surface area contributed by atoms with E-state index in [0.29, 0.717) is 0 Å². The molecule has 18 heavy (non-hydrogen) atoms. The molecule has 0 heteroatoms. The normalized spacial score (nSPS) is 20.2. The van der Waals surface area contributed by atoms with Crippen LogP contribution in [0.2, 0.25) is 0 Å². The zero-order valence-corrected chi connectivity index (χ0v) is 12.5. The van der Waals surface area contributed by atoms with E-state index in [9.17, 15) is 0 Å². The van der Waals surface area contributed by atoms with E-state index in [1.165, 1.54) is 64.2 Å². The van der Waals surface area contributed by atoms with Gasteiger partial charge in [-0.1, -0.05) is 83.1 Å². The van der Waals surface area contributed by atoms with Gasteiger partial charge < -0.3 is 0 Å². The van der Waals surface area contributed by atoms with Gasteiger partial charge >= 0.3 is 0 Å². The number of hydrogen-bond acceptors (Lipinski definition) is 0. The number of hydrogen-bond donors (Lipinski definition) is 0. The molecule has 0 radical (unpaired) electrons. The van der Waals surface area contributed by atoms with Crippen LogP contribution in [0.1, 0.15) is 78.1 Å². The summed E-state index contributed by atoms with van der Waals surface area (Å²) in [6.45, 7) is 4.62. The fraction of sp³-hybridized carbons (Fsp3) is 0.778. The molecule has 0 aromatic heterocycles. The Morgan fingerprint density at radius 1 is 0.944 bits per heavy atom. The molecule has 0 saturated heterocycles. The third-order valence-electron chi connectivity index (χ3n) is 4.20. The summed E-state index contributed by atoms with van der Waals surface area (Å²) in [7, 11) is 0. The van der Waals surface area contributed by atoms with Crippen LogP contribution in [0.4, 0.5) is 0 Å². The van der Waals surface area contributed by atoms with Crippen LogP contribution in [0.3, 0.4) is 0 Å². The maximum absolute atomic E-state index is 2.41. The van der Waals surface area contributed by atoms with Crippen LogP contribution in [-0.4, -0.2) is 0 Å². The van der Waals surface area contributed by atoms with E-state index >= 15 is 0 Å². The first kappa shape index (κ1) is 15.5. The minimum atomic E-state index is 0.824. The van der Waals surface area contributed by atoms with Crippen molar-refractivity contribution in [3.63, 3.8) is 0 Å². The molecule has 1 rings (SSSR count). The topological polar surface area (TPSA) is 0 Å². The fourth-order valence-corrected chi connectivity index (χ4v) is 2.90. The second kappa shape index (κ2) is 10.4. The molecule has 0 saturated carbocycles. The Morgan fingerprint density at radius 3 is 2.39 bits per heavy atom. The van der Waals surface area contributed by atoms with Gasteiger partial charge in [-0.15, -0.1) is 0 Å². The second-order valence-corrected chi connectivity index (χ2v) is 5.89. The number of allylic oxidation sites excluding steroid dienone is 4. The van der Waals surface area contributed by atoms with Gasteiger partial charge in [0.05, 0.1) is 0 Å². The highest BCUT2D eigenvalue weighted by Crippen LogP contribution is 2.26. The Balaban J connectivity index is 2.21. The standard InChI is InChI=1S/C18H32/c1-3-5-8-12-17(11-6-4-2)15-16-18-13-9-7-10-14-18/h7,9-10,13,17-18H,3-6,8,11-12,14-16H2,1-2H3. The molecule has 0 aliphatic heterocycles. The van der Waals surface area contributed by atoms with Crippen LogP contribution in [0.5, 0.6) is 0 Å². The summed E-state index contributed by atoms with van der Waals surface area (Å²) in [6, 6.07) is 0. The first-order chi connectivity index (χ1) is 8.86. The molecule has 0 nitrogen and oxygen atoms in total. The highest BCUT2D eigenvalue weighted by Gasteiger charge is 2.12. The quantitative estimate of drug-likeness (QED) is 0.399. The largest absolute Gasteiger partial charge is 0.0840 e. The molecule has 2 atom stereocenters. The van der Waals surface area contributed by atoms with Crippen molar-refractivity contribution in [3.05, 3.63) is 24.3 Å². The number of unbranched alkanes of at least 4 members (excludes halogenated alkanes) is 3. The molecule has 0 heterocycles. The minimum absolute atomic E-state index is 0.824. The third kappa shape index (κ3) is 7.03. The van der Waals surface area contributed by atoms with Crippen LogP contribution < -0.4 is 0 Å². The van der Waals surface area contributed by atoms with Crippen molar-refractivity contribution in [3.8, 4) is 0 Å². The Morgan fingerprint density at radius 2 is 1.72 bits per heavy atom. The number of rotatable bonds is 10. The molecule has 0 spiro atoms. The third-order valence-corrected chi connectivity index (χ3v) is 4.20. The summed E-state index contributed by atoms with van der Waals surface area (Å²) in [5.41, 5.74) is 0. The molecular formula is C18H32. The summed E-state index contributed by atoms with van der Waals surface area (Å²) in [4.78, 5) is 0. The van der Waals surface area contributed by atoms with Gasteiger partial charge in [0.2, 0.25) is 0 Å². The average molecular weight is 248 g/mol. The lowest BCUT2D eigenvalue weighted by molar-refractivity contribution is 0.360. The lowest BCUT2D eigenvalue weighted by Gasteiger charge is -2.20. The van der Waals surface area contributed by atoms with E-state index in [-0.39, 0.29) is 0 Å². The van der Waals surface area contributed by atoms with E-state index < -0.39 is 0 Å². The van der Waals surface area contributed by atoms with E-state index in [0.717, 1.165) is 11.8 Å². The summed E-state index contributed by atoms with van der Waals surface area (Å²) >= 11 is 0. The van der Waals surface area contributed by atoms with Crippen LogP contribution in [0.25, 0.3) is 0 Å². The van der Waals surface area contributed by atoms with Gasteiger partial charge in [-0.2, -0.15) is 0 Å². The zero-order chi connectivity index (χ0) is 13.1. The van der Waals surface area contributed by atoms with Crippen molar-refractivity contribution >= 4 is 0 Å². The highest BCUT2D eigenvalue weighted by atomic mass is 14.2. The molecular weight excluding hydrogens is 216 g/mol. The van der Waals surface area contributed by atoms with E-state index in [4.69, 9.17) is 0 Å². The molecule has 0 N–H and O–H groups in total. The van der Waals surface area contributed by atoms with Gasteiger partial charge in [-0.3, -0.25) is 0 Å². The Labute approximate surface area is 115 Å². The molecule has 0 fully saturated rings. The molecule has 104 valence electrons. The maximum atomic E-state index is 2.41. The molecule has 2 unspecified atom stereocenters. The minimum Gasteiger partial charge on any atom is -0.0840 e. The maximum Gasteiger partial charge on any atom is -0.0196 e.